The Morgan fingerprint density at radius 1 is 0.812 bits per heavy atom. The number of nitrogens with one attached hydrogen (secondary N) is 1. The van der Waals surface area contributed by atoms with Crippen molar-refractivity contribution in [2.75, 3.05) is 0 Å². The molecule has 32 heavy (non-hydrogen) atoms. The average molecular weight is 421 g/mol. The van der Waals surface area contributed by atoms with Crippen LogP contribution in [0.1, 0.15) is 17.4 Å². The van der Waals surface area contributed by atoms with Crippen molar-refractivity contribution in [1.29, 1.82) is 0 Å². The normalized spacial score (nSPS) is 15.1. The van der Waals surface area contributed by atoms with E-state index in [4.69, 9.17) is 15.2 Å². The standard InChI is InChI=1S/C28H24N2O2/c29-15-17-31-19-20-5-7-21(8-6-20)24-13-14-25(27-4-2-1-3-26(24)27)22-9-11-23(12-10-22)28-30-16-18-32-28/h1-18,28,30H,19,29H2/b17-15-. The minimum absolute atomic E-state index is 0.108. The zero-order valence-electron chi connectivity index (χ0n) is 17.6. The molecule has 1 aliphatic heterocycles. The Bertz CT molecular complexity index is 1270. The number of ether oxygens (including phenoxy) is 2. The van der Waals surface area contributed by atoms with Crippen LogP contribution in [0.4, 0.5) is 0 Å². The summed E-state index contributed by atoms with van der Waals surface area (Å²) >= 11 is 0. The molecule has 1 aliphatic rings. The zero-order valence-corrected chi connectivity index (χ0v) is 17.6. The first kappa shape index (κ1) is 19.8. The fraction of sp³-hybridized carbons (Fsp3) is 0.0714. The Labute approximate surface area is 187 Å². The Kier molecular flexibility index (Phi) is 5.50. The number of nitrogens with two attached hydrogens (primary N) is 1. The Morgan fingerprint density at radius 2 is 1.44 bits per heavy atom. The highest BCUT2D eigenvalue weighted by Crippen LogP contribution is 2.36. The molecular weight excluding hydrogens is 396 g/mol. The SMILES string of the molecule is N/C=C\OCc1ccc(-c2ccc(-c3ccc(C4NC=CO4)cc3)c3ccccc23)cc1. The van der Waals surface area contributed by atoms with Gasteiger partial charge >= 0.3 is 0 Å². The summed E-state index contributed by atoms with van der Waals surface area (Å²) in [4.78, 5) is 0. The van der Waals surface area contributed by atoms with Gasteiger partial charge in [-0.1, -0.05) is 84.9 Å². The maximum absolute atomic E-state index is 5.55. The van der Waals surface area contributed by atoms with Crippen LogP contribution in [0.5, 0.6) is 0 Å². The van der Waals surface area contributed by atoms with E-state index in [1.165, 1.54) is 45.5 Å². The molecule has 0 radical (unpaired) electrons. The third kappa shape index (κ3) is 3.91. The van der Waals surface area contributed by atoms with E-state index in [0.29, 0.717) is 6.61 Å². The molecule has 0 aromatic heterocycles. The molecule has 4 aromatic carbocycles. The van der Waals surface area contributed by atoms with E-state index in [1.54, 1.807) is 6.26 Å². The first-order valence-corrected chi connectivity index (χ1v) is 10.6. The fourth-order valence-electron chi connectivity index (χ4n) is 4.08. The second-order valence-corrected chi connectivity index (χ2v) is 7.65. The van der Waals surface area contributed by atoms with Crippen molar-refractivity contribution in [2.45, 2.75) is 12.8 Å². The van der Waals surface area contributed by atoms with E-state index in [1.807, 2.05) is 6.20 Å². The van der Waals surface area contributed by atoms with Crippen LogP contribution in [0.25, 0.3) is 33.0 Å². The second kappa shape index (κ2) is 8.90. The van der Waals surface area contributed by atoms with Gasteiger partial charge in [0.15, 0.2) is 6.23 Å². The molecule has 0 spiro atoms. The molecule has 0 bridgehead atoms. The monoisotopic (exact) mass is 420 g/mol. The lowest BCUT2D eigenvalue weighted by atomic mass is 9.91. The predicted octanol–water partition coefficient (Wildman–Crippen LogP) is 6.21. The van der Waals surface area contributed by atoms with Crippen LogP contribution < -0.4 is 11.1 Å². The lowest BCUT2D eigenvalue weighted by Crippen LogP contribution is -2.10. The Balaban J connectivity index is 1.48. The topological polar surface area (TPSA) is 56.5 Å². The molecular formula is C28H24N2O2. The van der Waals surface area contributed by atoms with E-state index in [-0.39, 0.29) is 6.23 Å². The zero-order chi connectivity index (χ0) is 21.8. The van der Waals surface area contributed by atoms with Gasteiger partial charge in [0.2, 0.25) is 0 Å². The summed E-state index contributed by atoms with van der Waals surface area (Å²) in [6, 6.07) is 30.0. The number of benzene rings is 4. The number of fused-ring (bicyclic) bond motifs is 1. The highest BCUT2D eigenvalue weighted by Gasteiger charge is 2.14. The van der Waals surface area contributed by atoms with Gasteiger partial charge in [-0.2, -0.15) is 0 Å². The Hall–Kier alpha value is -4.18. The summed E-state index contributed by atoms with van der Waals surface area (Å²) < 4.78 is 10.9. The van der Waals surface area contributed by atoms with E-state index < -0.39 is 0 Å². The van der Waals surface area contributed by atoms with Crippen LogP contribution in [0.3, 0.4) is 0 Å². The molecule has 4 heteroatoms. The lowest BCUT2D eigenvalue weighted by Gasteiger charge is -2.14. The minimum Gasteiger partial charge on any atom is -0.495 e. The van der Waals surface area contributed by atoms with Crippen molar-refractivity contribution in [3.05, 3.63) is 121 Å². The summed E-state index contributed by atoms with van der Waals surface area (Å²) in [7, 11) is 0. The first-order valence-electron chi connectivity index (χ1n) is 10.6. The number of rotatable bonds is 6. The number of hydrogen-bond donors (Lipinski definition) is 2. The van der Waals surface area contributed by atoms with Gasteiger partial charge in [0, 0.05) is 18.0 Å². The third-order valence-corrected chi connectivity index (χ3v) is 5.67. The molecule has 1 unspecified atom stereocenters. The summed E-state index contributed by atoms with van der Waals surface area (Å²) in [6.45, 7) is 0.501. The molecule has 4 nitrogen and oxygen atoms in total. The van der Waals surface area contributed by atoms with Gasteiger partial charge in [-0.3, -0.25) is 0 Å². The van der Waals surface area contributed by atoms with E-state index in [0.717, 1.165) is 11.1 Å². The molecule has 1 atom stereocenters. The number of hydrogen-bond acceptors (Lipinski definition) is 4. The van der Waals surface area contributed by atoms with Gasteiger partial charge in [-0.05, 0) is 38.6 Å². The van der Waals surface area contributed by atoms with E-state index in [2.05, 4.69) is 90.2 Å². The molecule has 0 saturated heterocycles. The smallest absolute Gasteiger partial charge is 0.195 e. The van der Waals surface area contributed by atoms with Crippen LogP contribution in [0.15, 0.2) is 110 Å². The van der Waals surface area contributed by atoms with Crippen LogP contribution in [0, 0.1) is 0 Å². The van der Waals surface area contributed by atoms with Crippen molar-refractivity contribution in [3.8, 4) is 22.3 Å². The van der Waals surface area contributed by atoms with Gasteiger partial charge in [0.1, 0.15) is 12.9 Å². The average Bonchev–Trinajstić information content (AvgIpc) is 3.39. The molecule has 158 valence electrons. The van der Waals surface area contributed by atoms with Crippen molar-refractivity contribution in [2.24, 2.45) is 5.73 Å². The van der Waals surface area contributed by atoms with E-state index in [9.17, 15) is 0 Å². The highest BCUT2D eigenvalue weighted by molar-refractivity contribution is 6.04. The quantitative estimate of drug-likeness (QED) is 0.364. The van der Waals surface area contributed by atoms with Crippen LogP contribution in [-0.2, 0) is 16.1 Å². The molecule has 0 amide bonds. The maximum atomic E-state index is 5.55. The molecule has 1 heterocycles. The molecule has 5 rings (SSSR count). The Morgan fingerprint density at radius 3 is 2.00 bits per heavy atom. The fourth-order valence-corrected chi connectivity index (χ4v) is 4.08. The molecule has 4 aromatic rings. The third-order valence-electron chi connectivity index (χ3n) is 5.67. The van der Waals surface area contributed by atoms with Gasteiger partial charge in [0.25, 0.3) is 0 Å². The summed E-state index contributed by atoms with van der Waals surface area (Å²) in [5.41, 5.74) is 12.3. The van der Waals surface area contributed by atoms with Crippen LogP contribution in [-0.4, -0.2) is 0 Å². The molecule has 0 saturated carbocycles. The minimum atomic E-state index is -0.108. The van der Waals surface area contributed by atoms with Gasteiger partial charge in [-0.15, -0.1) is 0 Å². The van der Waals surface area contributed by atoms with Gasteiger partial charge < -0.3 is 20.5 Å². The van der Waals surface area contributed by atoms with Crippen molar-refractivity contribution in [1.82, 2.24) is 5.32 Å². The van der Waals surface area contributed by atoms with Crippen molar-refractivity contribution in [3.63, 3.8) is 0 Å². The maximum Gasteiger partial charge on any atom is 0.195 e. The molecule has 3 N–H and O–H groups in total. The van der Waals surface area contributed by atoms with Crippen molar-refractivity contribution < 1.29 is 9.47 Å². The van der Waals surface area contributed by atoms with Crippen molar-refractivity contribution >= 4 is 10.8 Å². The van der Waals surface area contributed by atoms with Gasteiger partial charge in [-0.25, -0.2) is 0 Å². The molecule has 0 aliphatic carbocycles. The van der Waals surface area contributed by atoms with Crippen LogP contribution >= 0.6 is 0 Å². The largest absolute Gasteiger partial charge is 0.495 e. The second-order valence-electron chi connectivity index (χ2n) is 7.65. The predicted molar refractivity (Wildman–Crippen MR) is 129 cm³/mol. The van der Waals surface area contributed by atoms with Gasteiger partial charge in [0.05, 0.1) is 6.26 Å². The highest BCUT2D eigenvalue weighted by atomic mass is 16.5. The molecule has 0 fully saturated rings. The summed E-state index contributed by atoms with van der Waals surface area (Å²) in [6.07, 6.45) is 6.29. The summed E-state index contributed by atoms with van der Waals surface area (Å²) in [5.74, 6) is 0. The van der Waals surface area contributed by atoms with Crippen LogP contribution in [0.2, 0.25) is 0 Å². The lowest BCUT2D eigenvalue weighted by molar-refractivity contribution is 0.155. The van der Waals surface area contributed by atoms with E-state index >= 15 is 0 Å². The first-order chi connectivity index (χ1) is 15.8. The summed E-state index contributed by atoms with van der Waals surface area (Å²) in [5, 5.41) is 5.65.